The molecule has 2 aromatic carbocycles. The fraction of sp³-hybridized carbons (Fsp3) is 0.355. The van der Waals surface area contributed by atoms with Crippen molar-refractivity contribution in [1.29, 1.82) is 0 Å². The minimum Gasteiger partial charge on any atom is -0.378 e. The largest absolute Gasteiger partial charge is 0.378 e. The van der Waals surface area contributed by atoms with Crippen LogP contribution in [0.1, 0.15) is 37.1 Å². The number of anilines is 2. The van der Waals surface area contributed by atoms with Crippen molar-refractivity contribution in [2.75, 3.05) is 36.1 Å². The van der Waals surface area contributed by atoms with Crippen molar-refractivity contribution in [2.24, 2.45) is 0 Å². The van der Waals surface area contributed by atoms with E-state index in [2.05, 4.69) is 52.5 Å². The third-order valence-corrected chi connectivity index (χ3v) is 8.00. The highest BCUT2D eigenvalue weighted by molar-refractivity contribution is 6.29. The van der Waals surface area contributed by atoms with E-state index >= 15 is 0 Å². The van der Waals surface area contributed by atoms with E-state index in [0.29, 0.717) is 55.2 Å². The summed E-state index contributed by atoms with van der Waals surface area (Å²) in [5.41, 5.74) is 6.79. The maximum absolute atomic E-state index is 12.8. The Morgan fingerprint density at radius 3 is 2.56 bits per heavy atom. The van der Waals surface area contributed by atoms with Gasteiger partial charge in [-0.25, -0.2) is 9.97 Å². The number of imidazole rings is 1. The predicted octanol–water partition coefficient (Wildman–Crippen LogP) is 4.43. The monoisotopic (exact) mass is 572 g/mol. The molecule has 1 N–H and O–H groups in total. The molecule has 0 aliphatic carbocycles. The number of amides is 2. The van der Waals surface area contributed by atoms with Crippen molar-refractivity contribution >= 4 is 40.6 Å². The standard InChI is InChI=1S/C31H33ClN6O3/c1-20-3-6-25-15-24(9-10-27(25)38(20)21(2)39)23-7-4-22(5-8-23)17-33-29(40)16-26-18-37-19-28(32)35-31(30(37)34-26)36-11-13-41-14-12-36/h4-5,7-10,15,18-20H,3,6,11-14,16-17H2,1-2H3,(H,33,40)/t20-/m0/s1. The molecular weight excluding hydrogens is 540 g/mol. The van der Waals surface area contributed by atoms with Gasteiger partial charge in [-0.15, -0.1) is 0 Å². The fourth-order valence-electron chi connectivity index (χ4n) is 5.73. The quantitative estimate of drug-likeness (QED) is 0.367. The Morgan fingerprint density at radius 1 is 1.05 bits per heavy atom. The van der Waals surface area contributed by atoms with Gasteiger partial charge in [0, 0.05) is 50.7 Å². The third-order valence-electron chi connectivity index (χ3n) is 7.82. The summed E-state index contributed by atoms with van der Waals surface area (Å²) in [7, 11) is 0. The molecule has 0 spiro atoms. The van der Waals surface area contributed by atoms with Crippen LogP contribution in [0.5, 0.6) is 0 Å². The summed E-state index contributed by atoms with van der Waals surface area (Å²) in [6.45, 7) is 6.85. The molecule has 0 radical (unpaired) electrons. The summed E-state index contributed by atoms with van der Waals surface area (Å²) >= 11 is 6.27. The molecule has 1 fully saturated rings. The second kappa shape index (κ2) is 11.5. The van der Waals surface area contributed by atoms with Gasteiger partial charge in [-0.1, -0.05) is 41.9 Å². The van der Waals surface area contributed by atoms with Gasteiger partial charge in [0.05, 0.1) is 25.3 Å². The Morgan fingerprint density at radius 2 is 1.80 bits per heavy atom. The van der Waals surface area contributed by atoms with E-state index in [1.807, 2.05) is 27.6 Å². The zero-order valence-corrected chi connectivity index (χ0v) is 24.0. The number of halogens is 1. The summed E-state index contributed by atoms with van der Waals surface area (Å²) in [6.07, 6.45) is 5.62. The molecule has 0 saturated carbocycles. The Balaban J connectivity index is 1.09. The van der Waals surface area contributed by atoms with Gasteiger partial charge in [-0.3, -0.25) is 9.59 Å². The number of hydrogen-bond acceptors (Lipinski definition) is 6. The number of carbonyl (C=O) groups excluding carboxylic acids is 2. The van der Waals surface area contributed by atoms with Crippen LogP contribution in [0.25, 0.3) is 16.8 Å². The summed E-state index contributed by atoms with van der Waals surface area (Å²) in [6, 6.07) is 14.8. The molecular formula is C31H33ClN6O3. The van der Waals surface area contributed by atoms with Crippen LogP contribution >= 0.6 is 11.6 Å². The minimum atomic E-state index is -0.108. The lowest BCUT2D eigenvalue weighted by molar-refractivity contribution is -0.120. The van der Waals surface area contributed by atoms with Crippen LogP contribution in [0.2, 0.25) is 5.15 Å². The number of carbonyl (C=O) groups is 2. The van der Waals surface area contributed by atoms with Crippen molar-refractivity contribution in [3.05, 3.63) is 76.8 Å². The molecule has 0 bridgehead atoms. The number of benzene rings is 2. The molecule has 9 nitrogen and oxygen atoms in total. The molecule has 2 aliphatic heterocycles. The number of nitrogens with zero attached hydrogens (tertiary/aromatic N) is 5. The van der Waals surface area contributed by atoms with Crippen molar-refractivity contribution < 1.29 is 14.3 Å². The zero-order valence-electron chi connectivity index (χ0n) is 23.3. The van der Waals surface area contributed by atoms with Gasteiger partial charge in [0.1, 0.15) is 5.15 Å². The Bertz CT molecular complexity index is 1600. The number of rotatable bonds is 6. The number of ether oxygens (including phenoxy) is 1. The molecule has 1 atom stereocenters. The van der Waals surface area contributed by atoms with Gasteiger partial charge in [0.15, 0.2) is 11.5 Å². The lowest BCUT2D eigenvalue weighted by Gasteiger charge is -2.34. The van der Waals surface area contributed by atoms with Gasteiger partial charge in [-0.05, 0) is 54.2 Å². The second-order valence-electron chi connectivity index (χ2n) is 10.7. The number of hydrogen-bond donors (Lipinski definition) is 1. The molecule has 1 saturated heterocycles. The predicted molar refractivity (Wildman–Crippen MR) is 159 cm³/mol. The molecule has 41 heavy (non-hydrogen) atoms. The van der Waals surface area contributed by atoms with Crippen LogP contribution in [0, 0.1) is 0 Å². The van der Waals surface area contributed by atoms with Crippen LogP contribution in [-0.4, -0.2) is 58.5 Å². The summed E-state index contributed by atoms with van der Waals surface area (Å²) in [4.78, 5) is 38.2. The van der Waals surface area contributed by atoms with E-state index in [1.165, 1.54) is 5.56 Å². The molecule has 4 heterocycles. The Kier molecular flexibility index (Phi) is 7.64. The van der Waals surface area contributed by atoms with E-state index < -0.39 is 0 Å². The first-order valence-electron chi connectivity index (χ1n) is 14.0. The topological polar surface area (TPSA) is 92.1 Å². The summed E-state index contributed by atoms with van der Waals surface area (Å²) in [5, 5.41) is 3.38. The van der Waals surface area contributed by atoms with Crippen molar-refractivity contribution in [3.8, 4) is 11.1 Å². The van der Waals surface area contributed by atoms with Gasteiger partial charge in [-0.2, -0.15) is 0 Å². The average molecular weight is 573 g/mol. The third kappa shape index (κ3) is 5.78. The number of fused-ring (bicyclic) bond motifs is 2. The fourth-order valence-corrected chi connectivity index (χ4v) is 5.91. The molecule has 2 aromatic heterocycles. The van der Waals surface area contributed by atoms with Crippen LogP contribution in [0.4, 0.5) is 11.5 Å². The number of aryl methyl sites for hydroxylation is 1. The highest BCUT2D eigenvalue weighted by Crippen LogP contribution is 2.34. The van der Waals surface area contributed by atoms with Crippen LogP contribution in [-0.2, 0) is 33.7 Å². The number of nitrogens with one attached hydrogen (secondary N) is 1. The second-order valence-corrected chi connectivity index (χ2v) is 11.1. The first-order chi connectivity index (χ1) is 19.9. The molecule has 2 aliphatic rings. The molecule has 212 valence electrons. The molecule has 2 amide bonds. The van der Waals surface area contributed by atoms with Gasteiger partial charge in [0.25, 0.3) is 0 Å². The van der Waals surface area contributed by atoms with E-state index in [1.54, 1.807) is 13.1 Å². The number of aromatic nitrogens is 3. The summed E-state index contributed by atoms with van der Waals surface area (Å²) in [5.74, 6) is 0.679. The highest BCUT2D eigenvalue weighted by Gasteiger charge is 2.26. The Labute approximate surface area is 244 Å². The van der Waals surface area contributed by atoms with E-state index in [0.717, 1.165) is 35.2 Å². The highest BCUT2D eigenvalue weighted by atomic mass is 35.5. The molecule has 4 aromatic rings. The van der Waals surface area contributed by atoms with E-state index in [9.17, 15) is 9.59 Å². The summed E-state index contributed by atoms with van der Waals surface area (Å²) < 4.78 is 7.29. The maximum Gasteiger partial charge on any atom is 0.226 e. The first-order valence-corrected chi connectivity index (χ1v) is 14.4. The average Bonchev–Trinajstić information content (AvgIpc) is 3.37. The van der Waals surface area contributed by atoms with Gasteiger partial charge < -0.3 is 24.3 Å². The van der Waals surface area contributed by atoms with Crippen LogP contribution in [0.3, 0.4) is 0 Å². The lowest BCUT2D eigenvalue weighted by Crippen LogP contribution is -2.40. The normalized spacial score (nSPS) is 17.0. The zero-order chi connectivity index (χ0) is 28.5. The smallest absolute Gasteiger partial charge is 0.226 e. The van der Waals surface area contributed by atoms with E-state index in [4.69, 9.17) is 21.3 Å². The van der Waals surface area contributed by atoms with Crippen molar-refractivity contribution in [1.82, 2.24) is 19.7 Å². The first kappa shape index (κ1) is 27.2. The van der Waals surface area contributed by atoms with Crippen molar-refractivity contribution in [2.45, 2.75) is 45.7 Å². The maximum atomic E-state index is 12.8. The van der Waals surface area contributed by atoms with Crippen LogP contribution in [0.15, 0.2) is 54.9 Å². The van der Waals surface area contributed by atoms with E-state index in [-0.39, 0.29) is 24.3 Å². The van der Waals surface area contributed by atoms with Gasteiger partial charge in [0.2, 0.25) is 11.8 Å². The minimum absolute atomic E-state index is 0.0814. The van der Waals surface area contributed by atoms with Gasteiger partial charge >= 0.3 is 0 Å². The molecule has 6 rings (SSSR count). The SMILES string of the molecule is CC(=O)N1c2ccc(-c3ccc(CNC(=O)Cc4cn5cc(Cl)nc(N6CCOCC6)c5n4)cc3)cc2CC[C@@H]1C. The molecule has 0 unspecified atom stereocenters. The van der Waals surface area contributed by atoms with Crippen molar-refractivity contribution in [3.63, 3.8) is 0 Å². The molecule has 10 heteroatoms. The lowest BCUT2D eigenvalue weighted by atomic mass is 9.93. The van der Waals surface area contributed by atoms with Crippen LogP contribution < -0.4 is 15.1 Å². The Hall–Kier alpha value is -3.95. The number of morpholine rings is 1.